The molecule has 0 aromatic heterocycles. The SMILES string of the molecule is Cc1c(Cl)cccc1NC(=O)/C(C#N)=C/c1ccc(OCc2ccc(F)cc2)cc1. The molecule has 0 heterocycles. The molecule has 1 amide bonds. The van der Waals surface area contributed by atoms with Crippen LogP contribution in [0, 0.1) is 24.1 Å². The van der Waals surface area contributed by atoms with Crippen molar-refractivity contribution < 1.29 is 13.9 Å². The van der Waals surface area contributed by atoms with E-state index in [2.05, 4.69) is 5.32 Å². The van der Waals surface area contributed by atoms with Crippen molar-refractivity contribution in [2.75, 3.05) is 5.32 Å². The van der Waals surface area contributed by atoms with E-state index in [1.807, 2.05) is 6.07 Å². The average Bonchev–Trinajstić information content (AvgIpc) is 2.75. The smallest absolute Gasteiger partial charge is 0.266 e. The molecule has 0 aliphatic rings. The fourth-order valence-corrected chi connectivity index (χ4v) is 2.83. The van der Waals surface area contributed by atoms with E-state index in [1.54, 1.807) is 61.5 Å². The summed E-state index contributed by atoms with van der Waals surface area (Å²) in [4.78, 5) is 12.5. The molecule has 30 heavy (non-hydrogen) atoms. The summed E-state index contributed by atoms with van der Waals surface area (Å²) in [5, 5.41) is 12.6. The van der Waals surface area contributed by atoms with Gasteiger partial charge in [0.05, 0.1) is 0 Å². The summed E-state index contributed by atoms with van der Waals surface area (Å²) in [6.07, 6.45) is 1.50. The Morgan fingerprint density at radius 1 is 1.13 bits per heavy atom. The molecule has 0 fully saturated rings. The first-order valence-corrected chi connectivity index (χ1v) is 9.49. The van der Waals surface area contributed by atoms with Crippen LogP contribution < -0.4 is 10.1 Å². The van der Waals surface area contributed by atoms with Gasteiger partial charge in [-0.05, 0) is 66.1 Å². The standard InChI is InChI=1S/C24H18ClFN2O2/c1-16-22(25)3-2-4-23(16)28-24(29)19(14-27)13-17-7-11-21(12-8-17)30-15-18-5-9-20(26)10-6-18/h2-13H,15H2,1H3,(H,28,29)/b19-13+. The van der Waals surface area contributed by atoms with Gasteiger partial charge < -0.3 is 10.1 Å². The van der Waals surface area contributed by atoms with Gasteiger partial charge in [-0.15, -0.1) is 0 Å². The number of carbonyl (C=O) groups excluding carboxylic acids is 1. The van der Waals surface area contributed by atoms with Crippen LogP contribution in [0.2, 0.25) is 5.02 Å². The van der Waals surface area contributed by atoms with E-state index in [9.17, 15) is 14.4 Å². The molecule has 6 heteroatoms. The number of ether oxygens (including phenoxy) is 1. The van der Waals surface area contributed by atoms with E-state index in [0.717, 1.165) is 11.1 Å². The highest BCUT2D eigenvalue weighted by molar-refractivity contribution is 6.31. The zero-order chi connectivity index (χ0) is 21.5. The molecule has 3 aromatic rings. The Kier molecular flexibility index (Phi) is 6.84. The van der Waals surface area contributed by atoms with Crippen molar-refractivity contribution in [1.82, 2.24) is 0 Å². The first kappa shape index (κ1) is 21.1. The van der Waals surface area contributed by atoms with Gasteiger partial charge in [-0.1, -0.05) is 41.9 Å². The van der Waals surface area contributed by atoms with Gasteiger partial charge in [0.15, 0.2) is 0 Å². The molecule has 0 unspecified atom stereocenters. The molecule has 0 radical (unpaired) electrons. The second kappa shape index (κ2) is 9.73. The minimum Gasteiger partial charge on any atom is -0.489 e. The Bertz CT molecular complexity index is 1120. The molecule has 3 aromatic carbocycles. The van der Waals surface area contributed by atoms with Crippen molar-refractivity contribution in [2.45, 2.75) is 13.5 Å². The molecule has 150 valence electrons. The molecule has 0 saturated heterocycles. The number of nitrogens with zero attached hydrogens (tertiary/aromatic N) is 1. The molecule has 0 aliphatic carbocycles. The van der Waals surface area contributed by atoms with Crippen molar-refractivity contribution >= 4 is 29.3 Å². The number of benzene rings is 3. The number of nitriles is 1. The van der Waals surface area contributed by atoms with E-state index in [-0.39, 0.29) is 11.4 Å². The number of hydrogen-bond donors (Lipinski definition) is 1. The molecule has 0 bridgehead atoms. The number of amides is 1. The predicted molar refractivity (Wildman–Crippen MR) is 116 cm³/mol. The van der Waals surface area contributed by atoms with Gasteiger partial charge >= 0.3 is 0 Å². The summed E-state index contributed by atoms with van der Waals surface area (Å²) in [7, 11) is 0. The van der Waals surface area contributed by atoms with Gasteiger partial charge in [0.25, 0.3) is 5.91 Å². The molecular formula is C24H18ClFN2O2. The third-order valence-electron chi connectivity index (χ3n) is 4.39. The molecule has 0 aliphatic heterocycles. The maximum absolute atomic E-state index is 12.9. The van der Waals surface area contributed by atoms with Crippen LogP contribution in [0.15, 0.2) is 72.3 Å². The van der Waals surface area contributed by atoms with Gasteiger partial charge in [-0.25, -0.2) is 4.39 Å². The van der Waals surface area contributed by atoms with E-state index in [0.29, 0.717) is 28.6 Å². The zero-order valence-electron chi connectivity index (χ0n) is 16.2. The number of anilines is 1. The first-order valence-electron chi connectivity index (χ1n) is 9.12. The first-order chi connectivity index (χ1) is 14.5. The van der Waals surface area contributed by atoms with E-state index >= 15 is 0 Å². The fourth-order valence-electron chi connectivity index (χ4n) is 2.66. The molecule has 0 spiro atoms. The predicted octanol–water partition coefficient (Wildman–Crippen LogP) is 5.91. The monoisotopic (exact) mass is 420 g/mol. The maximum atomic E-state index is 12.9. The highest BCUT2D eigenvalue weighted by atomic mass is 35.5. The van der Waals surface area contributed by atoms with Crippen molar-refractivity contribution in [1.29, 1.82) is 5.26 Å². The Morgan fingerprint density at radius 3 is 2.50 bits per heavy atom. The van der Waals surface area contributed by atoms with Crippen molar-refractivity contribution in [3.63, 3.8) is 0 Å². The van der Waals surface area contributed by atoms with Crippen LogP contribution in [0.5, 0.6) is 5.75 Å². The number of carbonyl (C=O) groups is 1. The summed E-state index contributed by atoms with van der Waals surface area (Å²) in [5.41, 5.74) is 2.78. The summed E-state index contributed by atoms with van der Waals surface area (Å²) >= 11 is 6.07. The van der Waals surface area contributed by atoms with Gasteiger partial charge in [-0.2, -0.15) is 5.26 Å². The molecule has 0 atom stereocenters. The largest absolute Gasteiger partial charge is 0.489 e. The number of nitrogens with one attached hydrogen (secondary N) is 1. The van der Waals surface area contributed by atoms with Gasteiger partial charge in [0.1, 0.15) is 29.8 Å². The third kappa shape index (κ3) is 5.47. The second-order valence-electron chi connectivity index (χ2n) is 6.52. The summed E-state index contributed by atoms with van der Waals surface area (Å²) in [6, 6.07) is 20.2. The quantitative estimate of drug-likeness (QED) is 0.398. The van der Waals surface area contributed by atoms with Crippen LogP contribution in [0.4, 0.5) is 10.1 Å². The molecule has 4 nitrogen and oxygen atoms in total. The minimum absolute atomic E-state index is 0.0330. The minimum atomic E-state index is -0.514. The normalized spacial score (nSPS) is 10.9. The van der Waals surface area contributed by atoms with Crippen molar-refractivity contribution in [3.05, 3.63) is 99.8 Å². The third-order valence-corrected chi connectivity index (χ3v) is 4.80. The van der Waals surface area contributed by atoms with Crippen LogP contribution in [-0.4, -0.2) is 5.91 Å². The Hall–Kier alpha value is -3.62. The van der Waals surface area contributed by atoms with E-state index < -0.39 is 5.91 Å². The van der Waals surface area contributed by atoms with Gasteiger partial charge in [-0.3, -0.25) is 4.79 Å². The summed E-state index contributed by atoms with van der Waals surface area (Å²) < 4.78 is 18.6. The Labute approximate surface area is 179 Å². The van der Waals surface area contributed by atoms with Crippen LogP contribution >= 0.6 is 11.6 Å². The second-order valence-corrected chi connectivity index (χ2v) is 6.93. The lowest BCUT2D eigenvalue weighted by Gasteiger charge is -2.09. The molecule has 1 N–H and O–H groups in total. The molecular weight excluding hydrogens is 403 g/mol. The molecule has 0 saturated carbocycles. The highest BCUT2D eigenvalue weighted by Gasteiger charge is 2.12. The average molecular weight is 421 g/mol. The highest BCUT2D eigenvalue weighted by Crippen LogP contribution is 2.23. The number of hydrogen-bond acceptors (Lipinski definition) is 3. The Morgan fingerprint density at radius 2 is 1.83 bits per heavy atom. The van der Waals surface area contributed by atoms with Crippen LogP contribution in [0.3, 0.4) is 0 Å². The summed E-state index contributed by atoms with van der Waals surface area (Å²) in [5.74, 6) is -0.189. The lowest BCUT2D eigenvalue weighted by atomic mass is 10.1. The Balaban J connectivity index is 1.66. The van der Waals surface area contributed by atoms with E-state index in [1.165, 1.54) is 18.2 Å². The van der Waals surface area contributed by atoms with E-state index in [4.69, 9.17) is 16.3 Å². The number of rotatable bonds is 6. The van der Waals surface area contributed by atoms with Crippen LogP contribution in [0.1, 0.15) is 16.7 Å². The zero-order valence-corrected chi connectivity index (χ0v) is 16.9. The van der Waals surface area contributed by atoms with Crippen LogP contribution in [-0.2, 0) is 11.4 Å². The summed E-state index contributed by atoms with van der Waals surface area (Å²) in [6.45, 7) is 2.10. The lowest BCUT2D eigenvalue weighted by Crippen LogP contribution is -2.14. The van der Waals surface area contributed by atoms with Gasteiger partial charge in [0.2, 0.25) is 0 Å². The maximum Gasteiger partial charge on any atom is 0.266 e. The van der Waals surface area contributed by atoms with Crippen LogP contribution in [0.25, 0.3) is 6.08 Å². The van der Waals surface area contributed by atoms with Crippen molar-refractivity contribution in [2.24, 2.45) is 0 Å². The lowest BCUT2D eigenvalue weighted by molar-refractivity contribution is -0.112. The fraction of sp³-hybridized carbons (Fsp3) is 0.0833. The van der Waals surface area contributed by atoms with Crippen molar-refractivity contribution in [3.8, 4) is 11.8 Å². The van der Waals surface area contributed by atoms with Gasteiger partial charge in [0, 0.05) is 10.7 Å². The topological polar surface area (TPSA) is 62.1 Å². The number of halogens is 2. The molecule has 3 rings (SSSR count).